The molecular weight excluding hydrogens is 169 g/mol. The lowest BCUT2D eigenvalue weighted by atomic mass is 10.2. The molecule has 0 aliphatic heterocycles. The standard InChI is InChI=1S/C5H8Cl2F2/c1-4(7)5(8,9)2-3-6/h4H,2-3H2,1H3. The predicted molar refractivity (Wildman–Crippen MR) is 35.6 cm³/mol. The molecule has 9 heavy (non-hydrogen) atoms. The highest BCUT2D eigenvalue weighted by molar-refractivity contribution is 6.21. The monoisotopic (exact) mass is 176 g/mol. The van der Waals surface area contributed by atoms with Gasteiger partial charge in [-0.25, -0.2) is 8.78 Å². The Morgan fingerprint density at radius 1 is 1.56 bits per heavy atom. The molecule has 0 bridgehead atoms. The molecule has 0 aliphatic carbocycles. The molecule has 0 N–H and O–H groups in total. The summed E-state index contributed by atoms with van der Waals surface area (Å²) in [6.07, 6.45) is -0.348. The molecule has 56 valence electrons. The molecule has 0 amide bonds. The highest BCUT2D eigenvalue weighted by atomic mass is 35.5. The van der Waals surface area contributed by atoms with Gasteiger partial charge in [0.2, 0.25) is 0 Å². The smallest absolute Gasteiger partial charge is 0.205 e. The van der Waals surface area contributed by atoms with E-state index in [1.165, 1.54) is 6.92 Å². The Morgan fingerprint density at radius 3 is 2.11 bits per heavy atom. The van der Waals surface area contributed by atoms with E-state index in [9.17, 15) is 8.78 Å². The van der Waals surface area contributed by atoms with Crippen molar-refractivity contribution in [2.45, 2.75) is 24.6 Å². The first kappa shape index (κ1) is 9.44. The lowest BCUT2D eigenvalue weighted by Gasteiger charge is -2.16. The highest BCUT2D eigenvalue weighted by Gasteiger charge is 2.33. The Balaban J connectivity index is 3.70. The predicted octanol–water partition coefficient (Wildman–Crippen LogP) is 2.88. The second kappa shape index (κ2) is 3.57. The van der Waals surface area contributed by atoms with Gasteiger partial charge < -0.3 is 0 Å². The van der Waals surface area contributed by atoms with Crippen LogP contribution in [0.15, 0.2) is 0 Å². The average molecular weight is 177 g/mol. The van der Waals surface area contributed by atoms with E-state index in [4.69, 9.17) is 23.2 Å². The summed E-state index contributed by atoms with van der Waals surface area (Å²) in [6, 6.07) is 0. The van der Waals surface area contributed by atoms with Crippen LogP contribution in [0.5, 0.6) is 0 Å². The van der Waals surface area contributed by atoms with Gasteiger partial charge in [-0.15, -0.1) is 23.2 Å². The second-order valence-electron chi connectivity index (χ2n) is 1.82. The van der Waals surface area contributed by atoms with Crippen molar-refractivity contribution >= 4 is 23.2 Å². The van der Waals surface area contributed by atoms with Crippen molar-refractivity contribution in [2.75, 3.05) is 5.88 Å². The summed E-state index contributed by atoms with van der Waals surface area (Å²) in [4.78, 5) is 0. The summed E-state index contributed by atoms with van der Waals surface area (Å²) in [6.45, 7) is 1.26. The van der Waals surface area contributed by atoms with E-state index in [0.29, 0.717) is 0 Å². The van der Waals surface area contributed by atoms with Crippen LogP contribution in [0.25, 0.3) is 0 Å². The Morgan fingerprint density at radius 2 is 2.00 bits per heavy atom. The van der Waals surface area contributed by atoms with Crippen molar-refractivity contribution in [1.29, 1.82) is 0 Å². The van der Waals surface area contributed by atoms with Gasteiger partial charge in [-0.1, -0.05) is 0 Å². The third-order valence-corrected chi connectivity index (χ3v) is 1.52. The summed E-state index contributed by atoms with van der Waals surface area (Å²) < 4.78 is 24.7. The van der Waals surface area contributed by atoms with Crippen LogP contribution in [0.1, 0.15) is 13.3 Å². The molecule has 0 aromatic heterocycles. The average Bonchev–Trinajstić information content (AvgIpc) is 1.65. The summed E-state index contributed by atoms with van der Waals surface area (Å²) in [5, 5.41) is -1.13. The molecule has 0 rings (SSSR count). The number of rotatable bonds is 3. The van der Waals surface area contributed by atoms with Crippen LogP contribution >= 0.6 is 23.2 Å². The highest BCUT2D eigenvalue weighted by Crippen LogP contribution is 2.26. The minimum Gasteiger partial charge on any atom is -0.205 e. The van der Waals surface area contributed by atoms with Gasteiger partial charge in [0.25, 0.3) is 5.92 Å². The molecule has 0 fully saturated rings. The zero-order valence-electron chi connectivity index (χ0n) is 5.00. The fraction of sp³-hybridized carbons (Fsp3) is 1.00. The van der Waals surface area contributed by atoms with Crippen LogP contribution in [-0.2, 0) is 0 Å². The van der Waals surface area contributed by atoms with Gasteiger partial charge in [-0.05, 0) is 6.92 Å². The molecule has 0 saturated carbocycles. The van der Waals surface area contributed by atoms with E-state index in [1.54, 1.807) is 0 Å². The molecule has 0 heterocycles. The van der Waals surface area contributed by atoms with Crippen molar-refractivity contribution in [3.8, 4) is 0 Å². The van der Waals surface area contributed by atoms with Crippen LogP contribution in [0.3, 0.4) is 0 Å². The molecule has 1 atom stereocenters. The molecular formula is C5H8Cl2F2. The molecule has 1 unspecified atom stereocenters. The normalized spacial score (nSPS) is 15.7. The van der Waals surface area contributed by atoms with Crippen molar-refractivity contribution < 1.29 is 8.78 Å². The third-order valence-electron chi connectivity index (χ3n) is 1.01. The second-order valence-corrected chi connectivity index (χ2v) is 2.85. The van der Waals surface area contributed by atoms with Gasteiger partial charge in [0.15, 0.2) is 0 Å². The van der Waals surface area contributed by atoms with Crippen molar-refractivity contribution in [3.63, 3.8) is 0 Å². The van der Waals surface area contributed by atoms with Crippen LogP contribution in [0.4, 0.5) is 8.78 Å². The van der Waals surface area contributed by atoms with Crippen molar-refractivity contribution in [2.24, 2.45) is 0 Å². The van der Waals surface area contributed by atoms with Crippen LogP contribution < -0.4 is 0 Å². The van der Waals surface area contributed by atoms with E-state index < -0.39 is 11.3 Å². The third kappa shape index (κ3) is 3.21. The summed E-state index contributed by atoms with van der Waals surface area (Å²) in [5.41, 5.74) is 0. The van der Waals surface area contributed by atoms with E-state index >= 15 is 0 Å². The van der Waals surface area contributed by atoms with Gasteiger partial charge in [0, 0.05) is 12.3 Å². The maximum absolute atomic E-state index is 12.3. The molecule has 0 aromatic carbocycles. The largest absolute Gasteiger partial charge is 0.265 e. The van der Waals surface area contributed by atoms with Gasteiger partial charge in [-0.3, -0.25) is 0 Å². The molecule has 0 radical (unpaired) electrons. The molecule has 0 aliphatic rings. The number of halogens is 4. The number of alkyl halides is 4. The summed E-state index contributed by atoms with van der Waals surface area (Å²) in [7, 11) is 0. The van der Waals surface area contributed by atoms with Crippen LogP contribution in [0.2, 0.25) is 0 Å². The van der Waals surface area contributed by atoms with E-state index in [2.05, 4.69) is 0 Å². The number of hydrogen-bond donors (Lipinski definition) is 0. The molecule has 0 spiro atoms. The van der Waals surface area contributed by atoms with E-state index in [1.807, 2.05) is 0 Å². The quantitative estimate of drug-likeness (QED) is 0.581. The lowest BCUT2D eigenvalue weighted by Crippen LogP contribution is -2.26. The minimum atomic E-state index is -2.82. The summed E-state index contributed by atoms with van der Waals surface area (Å²) >= 11 is 10.2. The first-order chi connectivity index (χ1) is 4.00. The zero-order chi connectivity index (χ0) is 7.49. The van der Waals surface area contributed by atoms with Gasteiger partial charge >= 0.3 is 0 Å². The first-order valence-electron chi connectivity index (χ1n) is 2.58. The lowest BCUT2D eigenvalue weighted by molar-refractivity contribution is -0.00160. The van der Waals surface area contributed by atoms with Crippen LogP contribution in [-0.4, -0.2) is 17.2 Å². The molecule has 0 aromatic rings. The first-order valence-corrected chi connectivity index (χ1v) is 3.55. The Bertz CT molecular complexity index is 83.0. The van der Waals surface area contributed by atoms with Crippen molar-refractivity contribution in [1.82, 2.24) is 0 Å². The van der Waals surface area contributed by atoms with Crippen molar-refractivity contribution in [3.05, 3.63) is 0 Å². The fourth-order valence-corrected chi connectivity index (χ4v) is 0.686. The Kier molecular flexibility index (Phi) is 3.74. The molecule has 4 heteroatoms. The maximum Gasteiger partial charge on any atom is 0.265 e. The van der Waals surface area contributed by atoms with E-state index in [0.717, 1.165) is 0 Å². The SMILES string of the molecule is CC(Cl)C(F)(F)CCCl. The molecule has 0 saturated heterocycles. The fourth-order valence-electron chi connectivity index (χ4n) is 0.325. The zero-order valence-corrected chi connectivity index (χ0v) is 6.52. The van der Waals surface area contributed by atoms with Gasteiger partial charge in [0.05, 0.1) is 5.38 Å². The number of hydrogen-bond acceptors (Lipinski definition) is 0. The van der Waals surface area contributed by atoms with Crippen LogP contribution in [0, 0.1) is 0 Å². The van der Waals surface area contributed by atoms with Gasteiger partial charge in [-0.2, -0.15) is 0 Å². The summed E-state index contributed by atoms with van der Waals surface area (Å²) in [5.74, 6) is -2.87. The molecule has 0 nitrogen and oxygen atoms in total. The van der Waals surface area contributed by atoms with Gasteiger partial charge in [0.1, 0.15) is 0 Å². The topological polar surface area (TPSA) is 0 Å². The minimum absolute atomic E-state index is 0.0515. The Hall–Kier alpha value is 0.440. The Labute approximate surface area is 63.1 Å². The van der Waals surface area contributed by atoms with E-state index in [-0.39, 0.29) is 12.3 Å². The maximum atomic E-state index is 12.3.